The molecule has 0 aromatic heterocycles. The maximum absolute atomic E-state index is 13.6. The lowest BCUT2D eigenvalue weighted by Crippen LogP contribution is -2.36. The molecule has 2 aromatic rings. The van der Waals surface area contributed by atoms with Crippen molar-refractivity contribution in [1.29, 1.82) is 0 Å². The summed E-state index contributed by atoms with van der Waals surface area (Å²) in [6.07, 6.45) is 7.49. The lowest BCUT2D eigenvalue weighted by molar-refractivity contribution is -0.122. The van der Waals surface area contributed by atoms with Crippen LogP contribution in [0.5, 0.6) is 5.75 Å². The van der Waals surface area contributed by atoms with Gasteiger partial charge in [-0.2, -0.15) is 0 Å². The number of benzene rings is 2. The number of amides is 1. The van der Waals surface area contributed by atoms with Gasteiger partial charge in [-0.3, -0.25) is 4.79 Å². The van der Waals surface area contributed by atoms with Gasteiger partial charge in [0.1, 0.15) is 11.6 Å². The Morgan fingerprint density at radius 1 is 1.24 bits per heavy atom. The Morgan fingerprint density at radius 2 is 2.00 bits per heavy atom. The minimum Gasteiger partial charge on any atom is -0.496 e. The number of anilines is 1. The third-order valence-electron chi connectivity index (χ3n) is 4.95. The van der Waals surface area contributed by atoms with E-state index < -0.39 is 5.82 Å². The van der Waals surface area contributed by atoms with Crippen molar-refractivity contribution >= 4 is 29.3 Å². The molecule has 0 fully saturated rings. The molecular formula is C24H29ClFNO2. The number of rotatable bonds is 10. The number of unbranched alkanes of at least 4 members (excludes halogenated alkanes) is 1. The molecule has 156 valence electrons. The summed E-state index contributed by atoms with van der Waals surface area (Å²) >= 11 is 5.98. The fourth-order valence-corrected chi connectivity index (χ4v) is 3.41. The average Bonchev–Trinajstić information content (AvgIpc) is 2.74. The van der Waals surface area contributed by atoms with E-state index in [9.17, 15) is 9.18 Å². The number of nitrogens with zero attached hydrogens (tertiary/aromatic N) is 1. The molecule has 1 amide bonds. The predicted octanol–water partition coefficient (Wildman–Crippen LogP) is 6.75. The second-order valence-electron chi connectivity index (χ2n) is 6.94. The molecule has 2 rings (SSSR count). The van der Waals surface area contributed by atoms with E-state index in [1.54, 1.807) is 18.1 Å². The first kappa shape index (κ1) is 23.0. The Hall–Kier alpha value is -2.33. The van der Waals surface area contributed by atoms with Crippen LogP contribution in [0, 0.1) is 11.7 Å². The first-order valence-corrected chi connectivity index (χ1v) is 10.5. The van der Waals surface area contributed by atoms with Crippen molar-refractivity contribution in [2.45, 2.75) is 39.5 Å². The summed E-state index contributed by atoms with van der Waals surface area (Å²) in [5.74, 6) is 0.234. The van der Waals surface area contributed by atoms with Gasteiger partial charge in [-0.25, -0.2) is 4.39 Å². The highest BCUT2D eigenvalue weighted by atomic mass is 35.5. The molecule has 0 aliphatic heterocycles. The molecule has 0 heterocycles. The van der Waals surface area contributed by atoms with Crippen LogP contribution in [0.1, 0.15) is 45.1 Å². The van der Waals surface area contributed by atoms with Crippen molar-refractivity contribution in [1.82, 2.24) is 0 Å². The van der Waals surface area contributed by atoms with Crippen molar-refractivity contribution < 1.29 is 13.9 Å². The summed E-state index contributed by atoms with van der Waals surface area (Å²) in [5.41, 5.74) is 1.53. The largest absolute Gasteiger partial charge is 0.496 e. The van der Waals surface area contributed by atoms with Gasteiger partial charge in [-0.15, -0.1) is 0 Å². The zero-order valence-corrected chi connectivity index (χ0v) is 18.1. The summed E-state index contributed by atoms with van der Waals surface area (Å²) in [6.45, 7) is 4.50. The van der Waals surface area contributed by atoms with Gasteiger partial charge in [0.25, 0.3) is 0 Å². The Balaban J connectivity index is 2.29. The van der Waals surface area contributed by atoms with Gasteiger partial charge in [0.15, 0.2) is 0 Å². The highest BCUT2D eigenvalue weighted by Gasteiger charge is 2.23. The van der Waals surface area contributed by atoms with E-state index >= 15 is 0 Å². The van der Waals surface area contributed by atoms with Crippen molar-refractivity contribution in [3.63, 3.8) is 0 Å². The van der Waals surface area contributed by atoms with E-state index in [-0.39, 0.29) is 16.8 Å². The summed E-state index contributed by atoms with van der Waals surface area (Å²) in [6, 6.07) is 12.1. The molecule has 0 bridgehead atoms. The second-order valence-corrected chi connectivity index (χ2v) is 7.35. The van der Waals surface area contributed by atoms with E-state index in [2.05, 4.69) is 6.92 Å². The number of hydrogen-bond donors (Lipinski definition) is 0. The van der Waals surface area contributed by atoms with Gasteiger partial charge in [0, 0.05) is 23.7 Å². The van der Waals surface area contributed by atoms with Crippen LogP contribution in [0.2, 0.25) is 5.02 Å². The summed E-state index contributed by atoms with van der Waals surface area (Å²) in [4.78, 5) is 15.0. The zero-order valence-electron chi connectivity index (χ0n) is 17.3. The van der Waals surface area contributed by atoms with E-state index in [1.165, 1.54) is 12.1 Å². The fraction of sp³-hybridized carbons (Fsp3) is 0.375. The van der Waals surface area contributed by atoms with Crippen LogP contribution in [-0.4, -0.2) is 19.6 Å². The van der Waals surface area contributed by atoms with E-state index in [1.807, 2.05) is 43.3 Å². The number of ether oxygens (including phenoxy) is 1. The topological polar surface area (TPSA) is 29.5 Å². The normalized spacial score (nSPS) is 12.2. The van der Waals surface area contributed by atoms with Gasteiger partial charge in [0.2, 0.25) is 5.91 Å². The second kappa shape index (κ2) is 11.6. The zero-order chi connectivity index (χ0) is 21.2. The molecule has 0 saturated carbocycles. The van der Waals surface area contributed by atoms with Crippen LogP contribution in [-0.2, 0) is 4.79 Å². The highest BCUT2D eigenvalue weighted by molar-refractivity contribution is 6.31. The predicted molar refractivity (Wildman–Crippen MR) is 119 cm³/mol. The molecule has 3 nitrogen and oxygen atoms in total. The summed E-state index contributed by atoms with van der Waals surface area (Å²) in [5, 5.41) is 0.00983. The van der Waals surface area contributed by atoms with Crippen LogP contribution in [0.25, 0.3) is 6.08 Å². The SMILES string of the molecule is CCCCC(CC)C(=O)N(C/C=C/c1ccccc1OC)c1ccc(F)c(Cl)c1. The number of hydrogen-bond acceptors (Lipinski definition) is 2. The van der Waals surface area contributed by atoms with Crippen molar-refractivity contribution in [2.75, 3.05) is 18.6 Å². The maximum atomic E-state index is 13.6. The van der Waals surface area contributed by atoms with Gasteiger partial charge in [-0.05, 0) is 37.1 Å². The molecular weight excluding hydrogens is 389 g/mol. The van der Waals surface area contributed by atoms with Crippen molar-refractivity contribution in [2.24, 2.45) is 5.92 Å². The van der Waals surface area contributed by atoms with Gasteiger partial charge in [-0.1, -0.05) is 68.6 Å². The number of para-hydroxylation sites is 1. The third-order valence-corrected chi connectivity index (χ3v) is 5.24. The van der Waals surface area contributed by atoms with Crippen molar-refractivity contribution in [3.8, 4) is 5.75 Å². The standard InChI is InChI=1S/C24H29ClFNO2/c1-4-6-10-18(5-2)24(28)27(20-14-15-22(26)21(25)17-20)16-9-12-19-11-7-8-13-23(19)29-3/h7-9,11-15,17-18H,4-6,10,16H2,1-3H3/b12-9+. The van der Waals surface area contributed by atoms with Crippen LogP contribution < -0.4 is 9.64 Å². The first-order valence-electron chi connectivity index (χ1n) is 10.1. The van der Waals surface area contributed by atoms with Crippen molar-refractivity contribution in [3.05, 3.63) is 64.9 Å². The van der Waals surface area contributed by atoms with Gasteiger partial charge >= 0.3 is 0 Å². The molecule has 5 heteroatoms. The molecule has 0 saturated heterocycles. The quantitative estimate of drug-likeness (QED) is 0.427. The summed E-state index contributed by atoms with van der Waals surface area (Å²) < 4.78 is 19.0. The number of carbonyl (C=O) groups is 1. The van der Waals surface area contributed by atoms with Crippen LogP contribution in [0.4, 0.5) is 10.1 Å². The maximum Gasteiger partial charge on any atom is 0.230 e. The van der Waals surface area contributed by atoms with Crippen LogP contribution in [0.3, 0.4) is 0 Å². The monoisotopic (exact) mass is 417 g/mol. The lowest BCUT2D eigenvalue weighted by Gasteiger charge is -2.26. The minimum absolute atomic E-state index is 0.00983. The molecule has 1 atom stereocenters. The Kier molecular flexibility index (Phi) is 9.20. The highest BCUT2D eigenvalue weighted by Crippen LogP contribution is 2.26. The first-order chi connectivity index (χ1) is 14.0. The van der Waals surface area contributed by atoms with E-state index in [0.29, 0.717) is 12.2 Å². The fourth-order valence-electron chi connectivity index (χ4n) is 3.24. The molecule has 1 unspecified atom stereocenters. The Bertz CT molecular complexity index is 837. The lowest BCUT2D eigenvalue weighted by atomic mass is 9.97. The molecule has 29 heavy (non-hydrogen) atoms. The van der Waals surface area contributed by atoms with E-state index in [0.717, 1.165) is 37.0 Å². The number of halogens is 2. The number of methoxy groups -OCH3 is 1. The molecule has 0 N–H and O–H groups in total. The summed E-state index contributed by atoms with van der Waals surface area (Å²) in [7, 11) is 1.63. The average molecular weight is 418 g/mol. The smallest absolute Gasteiger partial charge is 0.230 e. The van der Waals surface area contributed by atoms with Gasteiger partial charge < -0.3 is 9.64 Å². The number of carbonyl (C=O) groups excluding carboxylic acids is 1. The minimum atomic E-state index is -0.495. The molecule has 2 aromatic carbocycles. The third kappa shape index (κ3) is 6.33. The van der Waals surface area contributed by atoms with Crippen LogP contribution >= 0.6 is 11.6 Å². The van der Waals surface area contributed by atoms with Crippen LogP contribution in [0.15, 0.2) is 48.5 Å². The molecule has 0 spiro atoms. The Labute approximate surface area is 178 Å². The molecule has 0 aliphatic carbocycles. The van der Waals surface area contributed by atoms with E-state index in [4.69, 9.17) is 16.3 Å². The Morgan fingerprint density at radius 3 is 2.66 bits per heavy atom. The van der Waals surface area contributed by atoms with Gasteiger partial charge in [0.05, 0.1) is 12.1 Å². The molecule has 0 aliphatic rings. The molecule has 0 radical (unpaired) electrons.